The number of carboxylic acid groups (broad SMARTS) is 2. The van der Waals surface area contributed by atoms with E-state index in [1.165, 1.54) is 0 Å². The van der Waals surface area contributed by atoms with Crippen molar-refractivity contribution in [2.75, 3.05) is 0 Å². The average molecular weight is 248 g/mol. The van der Waals surface area contributed by atoms with E-state index >= 15 is 0 Å². The zero-order valence-corrected chi connectivity index (χ0v) is 13.4. The molecule has 0 spiro atoms. The van der Waals surface area contributed by atoms with E-state index in [4.69, 9.17) is 20.4 Å². The fourth-order valence-electron chi connectivity index (χ4n) is 0.270. The number of aliphatic carboxylic acids is 2. The molecule has 2 atom stereocenters. The minimum atomic E-state index is -2.27. The van der Waals surface area contributed by atoms with Gasteiger partial charge in [-0.2, -0.15) is 0 Å². The summed E-state index contributed by atoms with van der Waals surface area (Å²) in [5.41, 5.74) is 0. The first-order valence-corrected chi connectivity index (χ1v) is 2.28. The zero-order valence-electron chi connectivity index (χ0n) is 8.14. The molecule has 0 aliphatic heterocycles. The Labute approximate surface area is 159 Å². The summed E-state index contributed by atoms with van der Waals surface area (Å²) in [6.45, 7) is 0. The molecule has 2 unspecified atom stereocenters. The van der Waals surface area contributed by atoms with E-state index < -0.39 is 24.1 Å². The van der Waals surface area contributed by atoms with Crippen LogP contribution in [0.2, 0.25) is 0 Å². The van der Waals surface area contributed by atoms with E-state index in [1.54, 1.807) is 0 Å². The summed E-state index contributed by atoms with van der Waals surface area (Å²) in [5.74, 6) is -3.54. The predicted molar refractivity (Wildman–Crippen MR) is 28.4 cm³/mol. The van der Waals surface area contributed by atoms with Crippen LogP contribution in [0.15, 0.2) is 0 Å². The summed E-state index contributed by atoms with van der Waals surface area (Å²) in [5, 5.41) is 32.5. The van der Waals surface area contributed by atoms with Crippen molar-refractivity contribution in [3.63, 3.8) is 0 Å². The SMILES string of the molecule is O=C(O)C(O)C(O)C(=O)O.[F-].[H-].[K+].[K+]. The number of hydrogen-bond donors (Lipinski definition) is 4. The molecule has 0 aromatic rings. The second kappa shape index (κ2) is 12.1. The largest absolute Gasteiger partial charge is 1.00 e. The summed E-state index contributed by atoms with van der Waals surface area (Å²) in [6, 6.07) is 0. The first-order valence-electron chi connectivity index (χ1n) is 2.28. The van der Waals surface area contributed by atoms with E-state index in [1.807, 2.05) is 0 Å². The molecule has 6 nitrogen and oxygen atoms in total. The number of halogens is 1. The maximum absolute atomic E-state index is 9.77. The molecule has 0 aliphatic carbocycles. The average Bonchev–Trinajstić information content (AvgIpc) is 1.84. The maximum atomic E-state index is 9.77. The van der Waals surface area contributed by atoms with Gasteiger partial charge in [0.05, 0.1) is 0 Å². The Morgan fingerprint density at radius 2 is 1.08 bits per heavy atom. The van der Waals surface area contributed by atoms with Crippen molar-refractivity contribution in [2.24, 2.45) is 0 Å². The van der Waals surface area contributed by atoms with Gasteiger partial charge in [-0.15, -0.1) is 0 Å². The van der Waals surface area contributed by atoms with Gasteiger partial charge in [-0.05, 0) is 0 Å². The predicted octanol–water partition coefficient (Wildman–Crippen LogP) is -11.0. The third kappa shape index (κ3) is 10.3. The fraction of sp³-hybridized carbons (Fsp3) is 0.500. The second-order valence-electron chi connectivity index (χ2n) is 1.57. The smallest absolute Gasteiger partial charge is 1.00 e. The molecule has 0 saturated heterocycles. The van der Waals surface area contributed by atoms with Crippen LogP contribution in [0.5, 0.6) is 0 Å². The Bertz CT molecular complexity index is 152. The Kier molecular flexibility index (Phi) is 22.7. The number of carboxylic acids is 2. The number of rotatable bonds is 3. The Balaban J connectivity index is -0.0000000675. The van der Waals surface area contributed by atoms with Crippen molar-refractivity contribution in [1.82, 2.24) is 0 Å². The molecule has 0 radical (unpaired) electrons. The fourth-order valence-corrected chi connectivity index (χ4v) is 0.270. The second-order valence-corrected chi connectivity index (χ2v) is 1.57. The van der Waals surface area contributed by atoms with E-state index in [0.29, 0.717) is 0 Å². The van der Waals surface area contributed by atoms with Crippen molar-refractivity contribution < 1.29 is 139 Å². The van der Waals surface area contributed by atoms with Crippen molar-refractivity contribution in [3.8, 4) is 0 Å². The molecule has 4 N–H and O–H groups in total. The van der Waals surface area contributed by atoms with Crippen molar-refractivity contribution in [1.29, 1.82) is 0 Å². The number of aliphatic hydroxyl groups is 2. The normalized spacial score (nSPS) is 12.2. The quantitative estimate of drug-likeness (QED) is 0.369. The molecule has 0 rings (SSSR count). The van der Waals surface area contributed by atoms with Crippen LogP contribution < -0.4 is 107 Å². The van der Waals surface area contributed by atoms with Gasteiger partial charge in [0.1, 0.15) is 0 Å². The van der Waals surface area contributed by atoms with Gasteiger partial charge in [0.2, 0.25) is 0 Å². The van der Waals surface area contributed by atoms with Crippen LogP contribution in [-0.2, 0) is 9.59 Å². The standard InChI is InChI=1S/C4H6O6.FH.2K.H/c5-1(3(7)8)2(6)4(9)10;;;;/h1-2,5-6H,(H,7,8)(H,9,10);1H;;;/q;;2*+1;-1/p-1. The molecule has 13 heavy (non-hydrogen) atoms. The van der Waals surface area contributed by atoms with Crippen LogP contribution in [0.1, 0.15) is 1.43 Å². The molecule has 9 heteroatoms. The van der Waals surface area contributed by atoms with Gasteiger partial charge in [0.25, 0.3) is 0 Å². The first-order chi connectivity index (χ1) is 4.46. The summed E-state index contributed by atoms with van der Waals surface area (Å²) in [6.07, 6.45) is -4.53. The van der Waals surface area contributed by atoms with Crippen molar-refractivity contribution >= 4 is 11.9 Å². The van der Waals surface area contributed by atoms with Crippen LogP contribution in [0, 0.1) is 0 Å². The van der Waals surface area contributed by atoms with Crippen LogP contribution >= 0.6 is 0 Å². The number of aliphatic hydroxyl groups excluding tert-OH is 2. The third-order valence-corrected chi connectivity index (χ3v) is 0.805. The molecule has 68 valence electrons. The van der Waals surface area contributed by atoms with Gasteiger partial charge in [-0.1, -0.05) is 0 Å². The van der Waals surface area contributed by atoms with Gasteiger partial charge in [-0.25, -0.2) is 9.59 Å². The molecular formula is C4H7FK2O6. The van der Waals surface area contributed by atoms with E-state index in [2.05, 4.69) is 0 Å². The molecule has 0 heterocycles. The summed E-state index contributed by atoms with van der Waals surface area (Å²) >= 11 is 0. The summed E-state index contributed by atoms with van der Waals surface area (Å²) in [4.78, 5) is 19.5. The van der Waals surface area contributed by atoms with E-state index in [-0.39, 0.29) is 109 Å². The number of hydrogen-bond acceptors (Lipinski definition) is 4. The van der Waals surface area contributed by atoms with Crippen LogP contribution in [0.25, 0.3) is 0 Å². The van der Waals surface area contributed by atoms with E-state index in [0.717, 1.165) is 0 Å². The van der Waals surface area contributed by atoms with Crippen molar-refractivity contribution in [3.05, 3.63) is 0 Å². The minimum Gasteiger partial charge on any atom is -1.00 e. The van der Waals surface area contributed by atoms with Gasteiger partial charge in [-0.3, -0.25) is 0 Å². The molecule has 0 bridgehead atoms. The van der Waals surface area contributed by atoms with Crippen LogP contribution in [0.3, 0.4) is 0 Å². The molecule has 0 aromatic heterocycles. The molecule has 0 aromatic carbocycles. The minimum absolute atomic E-state index is 0. The number of carbonyl (C=O) groups is 2. The molecule has 0 fully saturated rings. The van der Waals surface area contributed by atoms with Crippen LogP contribution in [0.4, 0.5) is 0 Å². The first kappa shape index (κ1) is 24.3. The summed E-state index contributed by atoms with van der Waals surface area (Å²) < 4.78 is 0. The van der Waals surface area contributed by atoms with Gasteiger partial charge < -0.3 is 26.6 Å². The maximum Gasteiger partial charge on any atom is 1.00 e. The van der Waals surface area contributed by atoms with Gasteiger partial charge in [0.15, 0.2) is 12.2 Å². The van der Waals surface area contributed by atoms with Crippen molar-refractivity contribution in [2.45, 2.75) is 12.2 Å². The molecular weight excluding hydrogens is 241 g/mol. The molecule has 0 saturated carbocycles. The third-order valence-electron chi connectivity index (χ3n) is 0.805. The monoisotopic (exact) mass is 248 g/mol. The van der Waals surface area contributed by atoms with Gasteiger partial charge >= 0.3 is 115 Å². The molecule has 0 amide bonds. The molecule has 0 aliphatic rings. The topological polar surface area (TPSA) is 115 Å². The van der Waals surface area contributed by atoms with E-state index in [9.17, 15) is 9.59 Å². The van der Waals surface area contributed by atoms with Crippen LogP contribution in [-0.4, -0.2) is 44.6 Å². The Hall–Kier alpha value is 2.06. The zero-order chi connectivity index (χ0) is 8.31. The summed E-state index contributed by atoms with van der Waals surface area (Å²) in [7, 11) is 0. The Morgan fingerprint density at radius 1 is 0.923 bits per heavy atom. The van der Waals surface area contributed by atoms with Gasteiger partial charge in [0, 0.05) is 0 Å². The Morgan fingerprint density at radius 3 is 1.15 bits per heavy atom.